The molecule has 0 aromatic heterocycles. The van der Waals surface area contributed by atoms with Crippen LogP contribution >= 0.6 is 27.5 Å². The van der Waals surface area contributed by atoms with Crippen LogP contribution in [0.4, 0.5) is 21.5 Å². The van der Waals surface area contributed by atoms with Crippen LogP contribution in [-0.4, -0.2) is 0 Å². The van der Waals surface area contributed by atoms with Gasteiger partial charge < -0.3 is 11.1 Å². The third kappa shape index (κ3) is 2.70. The van der Waals surface area contributed by atoms with E-state index in [9.17, 15) is 4.39 Å². The second kappa shape index (κ2) is 4.94. The highest BCUT2D eigenvalue weighted by Crippen LogP contribution is 2.32. The lowest BCUT2D eigenvalue weighted by atomic mass is 10.2. The van der Waals surface area contributed by atoms with Gasteiger partial charge in [-0.1, -0.05) is 17.7 Å². The molecule has 2 aromatic carbocycles. The number of rotatable bonds is 2. The number of hydrogen-bond acceptors (Lipinski definition) is 2. The number of nitrogens with one attached hydrogen (secondary N) is 1. The smallest absolute Gasteiger partial charge is 0.137 e. The van der Waals surface area contributed by atoms with E-state index in [1.165, 1.54) is 6.07 Å². The lowest BCUT2D eigenvalue weighted by Crippen LogP contribution is -1.97. The van der Waals surface area contributed by atoms with E-state index in [1.54, 1.807) is 30.3 Å². The molecule has 88 valence electrons. The number of para-hydroxylation sites is 1. The third-order valence-corrected chi connectivity index (χ3v) is 3.16. The average molecular weight is 316 g/mol. The second-order valence-electron chi connectivity index (χ2n) is 3.46. The first-order chi connectivity index (χ1) is 8.08. The Kier molecular flexibility index (Phi) is 3.54. The van der Waals surface area contributed by atoms with Crippen molar-refractivity contribution in [1.29, 1.82) is 0 Å². The van der Waals surface area contributed by atoms with E-state index >= 15 is 0 Å². The first kappa shape index (κ1) is 12.2. The molecule has 2 aromatic rings. The van der Waals surface area contributed by atoms with E-state index in [0.29, 0.717) is 26.6 Å². The lowest BCUT2D eigenvalue weighted by Gasteiger charge is -2.11. The highest BCUT2D eigenvalue weighted by molar-refractivity contribution is 9.10. The minimum absolute atomic E-state index is 0.317. The predicted octanol–water partition coefficient (Wildman–Crippen LogP) is 4.57. The zero-order chi connectivity index (χ0) is 12.4. The first-order valence-electron chi connectivity index (χ1n) is 4.84. The van der Waals surface area contributed by atoms with Crippen LogP contribution < -0.4 is 11.1 Å². The summed E-state index contributed by atoms with van der Waals surface area (Å²) in [5.41, 5.74) is 7.67. The van der Waals surface area contributed by atoms with Crippen LogP contribution in [0.2, 0.25) is 5.02 Å². The quantitative estimate of drug-likeness (QED) is 0.797. The zero-order valence-electron chi connectivity index (χ0n) is 8.68. The van der Waals surface area contributed by atoms with Gasteiger partial charge in [-0.05, 0) is 46.3 Å². The largest absolute Gasteiger partial charge is 0.397 e. The number of nitrogens with two attached hydrogens (primary N) is 1. The summed E-state index contributed by atoms with van der Waals surface area (Å²) in [4.78, 5) is 0. The molecule has 0 bridgehead atoms. The summed E-state index contributed by atoms with van der Waals surface area (Å²) in [7, 11) is 0. The summed E-state index contributed by atoms with van der Waals surface area (Å²) in [6.07, 6.45) is 0. The van der Waals surface area contributed by atoms with E-state index in [4.69, 9.17) is 17.3 Å². The van der Waals surface area contributed by atoms with Crippen molar-refractivity contribution in [3.8, 4) is 0 Å². The van der Waals surface area contributed by atoms with E-state index in [0.717, 1.165) is 0 Å². The molecule has 0 atom stereocenters. The number of halogens is 3. The molecule has 0 fully saturated rings. The summed E-state index contributed by atoms with van der Waals surface area (Å²) < 4.78 is 13.5. The Labute approximate surface area is 112 Å². The van der Waals surface area contributed by atoms with Gasteiger partial charge in [-0.3, -0.25) is 0 Å². The molecule has 5 heteroatoms. The Bertz CT molecular complexity index is 540. The van der Waals surface area contributed by atoms with Crippen LogP contribution in [0.25, 0.3) is 0 Å². The number of anilines is 3. The fourth-order valence-electron chi connectivity index (χ4n) is 1.39. The van der Waals surface area contributed by atoms with Gasteiger partial charge in [0.15, 0.2) is 0 Å². The molecule has 0 aliphatic carbocycles. The van der Waals surface area contributed by atoms with Crippen LogP contribution in [0.1, 0.15) is 0 Å². The average Bonchev–Trinajstić information content (AvgIpc) is 2.28. The fraction of sp³-hybridized carbons (Fsp3) is 0. The maximum atomic E-state index is 13.1. The molecule has 0 unspecified atom stereocenters. The molecule has 3 N–H and O–H groups in total. The maximum Gasteiger partial charge on any atom is 0.137 e. The van der Waals surface area contributed by atoms with Gasteiger partial charge in [0.2, 0.25) is 0 Å². The topological polar surface area (TPSA) is 38.0 Å². The van der Waals surface area contributed by atoms with Crippen molar-refractivity contribution in [1.82, 2.24) is 0 Å². The Morgan fingerprint density at radius 1 is 1.24 bits per heavy atom. The van der Waals surface area contributed by atoms with Gasteiger partial charge in [-0.15, -0.1) is 0 Å². The maximum absolute atomic E-state index is 13.1. The standard InChI is InChI=1S/C12H9BrClFN2/c13-8-6-7(4-5-10(8)15)17-12-9(14)2-1-3-11(12)16/h1-6,17H,16H2. The number of nitrogen functional groups attached to an aromatic ring is 1. The number of benzene rings is 2. The van der Waals surface area contributed by atoms with Crippen LogP contribution in [0.3, 0.4) is 0 Å². The summed E-state index contributed by atoms with van der Waals surface area (Å²) in [5, 5.41) is 3.57. The fourth-order valence-corrected chi connectivity index (χ4v) is 2.00. The van der Waals surface area contributed by atoms with Crippen molar-refractivity contribution in [3.05, 3.63) is 51.7 Å². The van der Waals surface area contributed by atoms with Gasteiger partial charge in [0.05, 0.1) is 20.9 Å². The Morgan fingerprint density at radius 3 is 2.65 bits per heavy atom. The zero-order valence-corrected chi connectivity index (χ0v) is 11.0. The van der Waals surface area contributed by atoms with Crippen molar-refractivity contribution < 1.29 is 4.39 Å². The highest BCUT2D eigenvalue weighted by Gasteiger charge is 2.06. The molecule has 0 amide bonds. The van der Waals surface area contributed by atoms with Gasteiger partial charge in [0.25, 0.3) is 0 Å². The molecule has 17 heavy (non-hydrogen) atoms. The number of hydrogen-bond donors (Lipinski definition) is 2. The second-order valence-corrected chi connectivity index (χ2v) is 4.72. The van der Waals surface area contributed by atoms with E-state index in [2.05, 4.69) is 21.2 Å². The Morgan fingerprint density at radius 2 is 2.00 bits per heavy atom. The van der Waals surface area contributed by atoms with Gasteiger partial charge in [-0.25, -0.2) is 4.39 Å². The molecule has 0 saturated heterocycles. The summed E-state index contributed by atoms with van der Waals surface area (Å²) in [6, 6.07) is 9.84. The van der Waals surface area contributed by atoms with Crippen molar-refractivity contribution in [3.63, 3.8) is 0 Å². The molecule has 0 spiro atoms. The first-order valence-corrected chi connectivity index (χ1v) is 6.01. The molecule has 0 aliphatic heterocycles. The van der Waals surface area contributed by atoms with E-state index in [1.807, 2.05) is 0 Å². The molecule has 0 radical (unpaired) electrons. The lowest BCUT2D eigenvalue weighted by molar-refractivity contribution is 0.621. The van der Waals surface area contributed by atoms with Gasteiger partial charge in [0.1, 0.15) is 5.82 Å². The summed E-state index contributed by atoms with van der Waals surface area (Å²) in [5.74, 6) is -0.317. The van der Waals surface area contributed by atoms with E-state index in [-0.39, 0.29) is 5.82 Å². The molecular formula is C12H9BrClFN2. The minimum atomic E-state index is -0.317. The molecule has 2 rings (SSSR count). The van der Waals surface area contributed by atoms with Crippen LogP contribution in [-0.2, 0) is 0 Å². The molecule has 0 saturated carbocycles. The van der Waals surface area contributed by atoms with Crippen molar-refractivity contribution in [2.45, 2.75) is 0 Å². The van der Waals surface area contributed by atoms with Gasteiger partial charge in [0, 0.05) is 5.69 Å². The molecule has 0 heterocycles. The molecular weight excluding hydrogens is 307 g/mol. The molecule has 0 aliphatic rings. The van der Waals surface area contributed by atoms with Crippen LogP contribution in [0, 0.1) is 5.82 Å². The molecule has 2 nitrogen and oxygen atoms in total. The van der Waals surface area contributed by atoms with Gasteiger partial charge in [-0.2, -0.15) is 0 Å². The predicted molar refractivity (Wildman–Crippen MR) is 73.2 cm³/mol. The van der Waals surface area contributed by atoms with Crippen molar-refractivity contribution in [2.75, 3.05) is 11.1 Å². The van der Waals surface area contributed by atoms with Crippen LogP contribution in [0.5, 0.6) is 0 Å². The summed E-state index contributed by atoms with van der Waals surface area (Å²) in [6.45, 7) is 0. The minimum Gasteiger partial charge on any atom is -0.397 e. The normalized spacial score (nSPS) is 10.3. The van der Waals surface area contributed by atoms with Gasteiger partial charge >= 0.3 is 0 Å². The SMILES string of the molecule is Nc1cccc(Cl)c1Nc1ccc(F)c(Br)c1. The third-order valence-electron chi connectivity index (χ3n) is 2.23. The summed E-state index contributed by atoms with van der Waals surface area (Å²) >= 11 is 9.14. The monoisotopic (exact) mass is 314 g/mol. The highest BCUT2D eigenvalue weighted by atomic mass is 79.9. The van der Waals surface area contributed by atoms with Crippen LogP contribution in [0.15, 0.2) is 40.9 Å². The van der Waals surface area contributed by atoms with Crippen molar-refractivity contribution >= 4 is 44.6 Å². The Balaban J connectivity index is 2.35. The Hall–Kier alpha value is -1.26. The van der Waals surface area contributed by atoms with Crippen molar-refractivity contribution in [2.24, 2.45) is 0 Å². The van der Waals surface area contributed by atoms with E-state index < -0.39 is 0 Å².